The average molecular weight is 324 g/mol. The molecule has 1 N–H and O–H groups in total. The van der Waals surface area contributed by atoms with E-state index in [4.69, 9.17) is 4.74 Å². The van der Waals surface area contributed by atoms with Gasteiger partial charge in [-0.2, -0.15) is 0 Å². The highest BCUT2D eigenvalue weighted by Crippen LogP contribution is 2.19. The Kier molecular flexibility index (Phi) is 5.59. The van der Waals surface area contributed by atoms with Crippen LogP contribution in [0.15, 0.2) is 48.8 Å². The van der Waals surface area contributed by atoms with Gasteiger partial charge in [0.2, 0.25) is 0 Å². The van der Waals surface area contributed by atoms with E-state index in [1.165, 1.54) is 11.1 Å². The van der Waals surface area contributed by atoms with E-state index in [1.54, 1.807) is 12.4 Å². The van der Waals surface area contributed by atoms with E-state index >= 15 is 0 Å². The Labute approximate surface area is 143 Å². The molecule has 0 bridgehead atoms. The molecule has 0 spiro atoms. The zero-order chi connectivity index (χ0) is 16.8. The molecular weight excluding hydrogens is 300 g/mol. The molecule has 1 aromatic heterocycles. The zero-order valence-corrected chi connectivity index (χ0v) is 14.1. The Morgan fingerprint density at radius 1 is 1.12 bits per heavy atom. The Morgan fingerprint density at radius 2 is 1.88 bits per heavy atom. The van der Waals surface area contributed by atoms with Gasteiger partial charge in [-0.15, -0.1) is 0 Å². The minimum atomic E-state index is -0.0201. The van der Waals surface area contributed by atoms with Crippen LogP contribution in [0.2, 0.25) is 0 Å². The maximum atomic E-state index is 12.5. The predicted octanol–water partition coefficient (Wildman–Crippen LogP) is 3.02. The highest BCUT2D eigenvalue weighted by Gasteiger charge is 2.29. The number of carbonyl (C=O) groups excluding carboxylic acids is 1. The maximum absolute atomic E-state index is 12.5. The number of ether oxygens (including phenoxy) is 1. The second kappa shape index (κ2) is 8.06. The second-order valence-electron chi connectivity index (χ2n) is 6.38. The molecule has 1 fully saturated rings. The van der Waals surface area contributed by atoms with Crippen molar-refractivity contribution in [2.75, 3.05) is 13.2 Å². The van der Waals surface area contributed by atoms with Gasteiger partial charge in [0.05, 0.1) is 19.3 Å². The Balaban J connectivity index is 1.60. The van der Waals surface area contributed by atoms with Crippen LogP contribution < -0.4 is 5.32 Å². The van der Waals surface area contributed by atoms with Crippen molar-refractivity contribution in [3.05, 3.63) is 65.5 Å². The van der Waals surface area contributed by atoms with Crippen LogP contribution in [0.25, 0.3) is 0 Å². The van der Waals surface area contributed by atoms with Gasteiger partial charge >= 0.3 is 0 Å². The Bertz CT molecular complexity index is 655. The molecule has 0 saturated carbocycles. The summed E-state index contributed by atoms with van der Waals surface area (Å²) < 4.78 is 5.60. The number of hydrogen-bond donors (Lipinski definition) is 1. The molecule has 2 atom stereocenters. The summed E-state index contributed by atoms with van der Waals surface area (Å²) >= 11 is 0. The van der Waals surface area contributed by atoms with Crippen LogP contribution in [0, 0.1) is 5.92 Å². The third-order valence-corrected chi connectivity index (χ3v) is 4.52. The number of benzene rings is 1. The molecule has 1 aliphatic heterocycles. The van der Waals surface area contributed by atoms with Crippen molar-refractivity contribution in [3.8, 4) is 0 Å². The van der Waals surface area contributed by atoms with Gasteiger partial charge < -0.3 is 10.1 Å². The molecule has 0 radical (unpaired) electrons. The highest BCUT2D eigenvalue weighted by molar-refractivity contribution is 5.94. The number of aryl methyl sites for hydroxylation is 1. The molecule has 1 saturated heterocycles. The SMILES string of the molecule is CCCc1ccc(C(=O)NC2COCC2Cc2ccncc2)cc1. The number of nitrogens with one attached hydrogen (secondary N) is 1. The molecule has 4 nitrogen and oxygen atoms in total. The maximum Gasteiger partial charge on any atom is 0.251 e. The normalized spacial score (nSPS) is 20.0. The van der Waals surface area contributed by atoms with Crippen LogP contribution in [-0.4, -0.2) is 30.1 Å². The number of pyridine rings is 1. The summed E-state index contributed by atoms with van der Waals surface area (Å²) in [6.45, 7) is 3.42. The average Bonchev–Trinajstić information content (AvgIpc) is 3.03. The molecule has 1 aliphatic rings. The zero-order valence-electron chi connectivity index (χ0n) is 14.1. The fraction of sp³-hybridized carbons (Fsp3) is 0.400. The fourth-order valence-corrected chi connectivity index (χ4v) is 3.14. The van der Waals surface area contributed by atoms with Gasteiger partial charge in [0, 0.05) is 23.9 Å². The Morgan fingerprint density at radius 3 is 2.58 bits per heavy atom. The molecular formula is C20H24N2O2. The number of nitrogens with zero attached hydrogens (tertiary/aromatic N) is 1. The summed E-state index contributed by atoms with van der Waals surface area (Å²) in [7, 11) is 0. The lowest BCUT2D eigenvalue weighted by molar-refractivity contribution is 0.0925. The first kappa shape index (κ1) is 16.7. The van der Waals surface area contributed by atoms with E-state index < -0.39 is 0 Å². The lowest BCUT2D eigenvalue weighted by Gasteiger charge is -2.19. The van der Waals surface area contributed by atoms with Crippen molar-refractivity contribution < 1.29 is 9.53 Å². The van der Waals surface area contributed by atoms with E-state index in [-0.39, 0.29) is 11.9 Å². The smallest absolute Gasteiger partial charge is 0.251 e. The van der Waals surface area contributed by atoms with Crippen LogP contribution in [-0.2, 0) is 17.6 Å². The van der Waals surface area contributed by atoms with Crippen LogP contribution >= 0.6 is 0 Å². The van der Waals surface area contributed by atoms with Crippen LogP contribution in [0.1, 0.15) is 34.8 Å². The largest absolute Gasteiger partial charge is 0.379 e. The topological polar surface area (TPSA) is 51.2 Å². The lowest BCUT2D eigenvalue weighted by Crippen LogP contribution is -2.40. The first-order chi connectivity index (χ1) is 11.8. The van der Waals surface area contributed by atoms with Gasteiger partial charge in [-0.3, -0.25) is 9.78 Å². The quantitative estimate of drug-likeness (QED) is 0.888. The van der Waals surface area contributed by atoms with E-state index in [1.807, 2.05) is 36.4 Å². The molecule has 4 heteroatoms. The van der Waals surface area contributed by atoms with Gasteiger partial charge in [0.25, 0.3) is 5.91 Å². The van der Waals surface area contributed by atoms with Gasteiger partial charge in [0.15, 0.2) is 0 Å². The van der Waals surface area contributed by atoms with Crippen molar-refractivity contribution in [1.82, 2.24) is 10.3 Å². The monoisotopic (exact) mass is 324 g/mol. The standard InChI is InChI=1S/C20H24N2O2/c1-2-3-15-4-6-17(7-5-15)20(23)22-19-14-24-13-18(19)12-16-8-10-21-11-9-16/h4-11,18-19H,2-3,12-14H2,1H3,(H,22,23). The Hall–Kier alpha value is -2.20. The summed E-state index contributed by atoms with van der Waals surface area (Å²) in [5.74, 6) is 0.281. The summed E-state index contributed by atoms with van der Waals surface area (Å²) in [5, 5.41) is 3.14. The molecule has 0 aliphatic carbocycles. The van der Waals surface area contributed by atoms with Gasteiger partial charge in [-0.25, -0.2) is 0 Å². The first-order valence-corrected chi connectivity index (χ1v) is 8.62. The molecule has 2 unspecified atom stereocenters. The molecule has 1 aromatic carbocycles. The van der Waals surface area contributed by atoms with Crippen molar-refractivity contribution in [3.63, 3.8) is 0 Å². The predicted molar refractivity (Wildman–Crippen MR) is 93.9 cm³/mol. The second-order valence-corrected chi connectivity index (χ2v) is 6.38. The van der Waals surface area contributed by atoms with E-state index in [0.29, 0.717) is 24.7 Å². The third-order valence-electron chi connectivity index (χ3n) is 4.52. The number of amides is 1. The summed E-state index contributed by atoms with van der Waals surface area (Å²) in [6, 6.07) is 12.0. The van der Waals surface area contributed by atoms with Crippen LogP contribution in [0.4, 0.5) is 0 Å². The van der Waals surface area contributed by atoms with E-state index in [9.17, 15) is 4.79 Å². The molecule has 2 aromatic rings. The molecule has 1 amide bonds. The highest BCUT2D eigenvalue weighted by atomic mass is 16.5. The lowest BCUT2D eigenvalue weighted by atomic mass is 9.95. The van der Waals surface area contributed by atoms with Crippen molar-refractivity contribution in [2.24, 2.45) is 5.92 Å². The van der Waals surface area contributed by atoms with Gasteiger partial charge in [-0.05, 0) is 48.2 Å². The minimum absolute atomic E-state index is 0.0201. The van der Waals surface area contributed by atoms with Crippen molar-refractivity contribution in [2.45, 2.75) is 32.2 Å². The first-order valence-electron chi connectivity index (χ1n) is 8.62. The molecule has 24 heavy (non-hydrogen) atoms. The van der Waals surface area contributed by atoms with Crippen molar-refractivity contribution >= 4 is 5.91 Å². The molecule has 3 rings (SSSR count). The summed E-state index contributed by atoms with van der Waals surface area (Å²) in [4.78, 5) is 16.5. The van der Waals surface area contributed by atoms with Crippen LogP contribution in [0.3, 0.4) is 0 Å². The minimum Gasteiger partial charge on any atom is -0.379 e. The van der Waals surface area contributed by atoms with Gasteiger partial charge in [0.1, 0.15) is 0 Å². The molecule has 2 heterocycles. The van der Waals surface area contributed by atoms with E-state index in [0.717, 1.165) is 19.3 Å². The van der Waals surface area contributed by atoms with E-state index in [2.05, 4.69) is 17.2 Å². The van der Waals surface area contributed by atoms with Crippen molar-refractivity contribution in [1.29, 1.82) is 0 Å². The number of aromatic nitrogens is 1. The number of rotatable bonds is 6. The summed E-state index contributed by atoms with van der Waals surface area (Å²) in [5.41, 5.74) is 3.21. The summed E-state index contributed by atoms with van der Waals surface area (Å²) in [6.07, 6.45) is 6.66. The number of carbonyl (C=O) groups is 1. The number of hydrogen-bond acceptors (Lipinski definition) is 3. The van der Waals surface area contributed by atoms with Gasteiger partial charge in [-0.1, -0.05) is 25.5 Å². The third kappa shape index (κ3) is 4.20. The fourth-order valence-electron chi connectivity index (χ4n) is 3.14. The van der Waals surface area contributed by atoms with Crippen LogP contribution in [0.5, 0.6) is 0 Å². The molecule has 126 valence electrons.